The number of para-hydroxylation sites is 1. The first-order chi connectivity index (χ1) is 19.7. The Bertz CT molecular complexity index is 1470. The zero-order chi connectivity index (χ0) is 27.1. The number of piperazine rings is 1. The van der Waals surface area contributed by atoms with Crippen LogP contribution in [-0.2, 0) is 11.3 Å². The number of nitrogens with one attached hydrogen (secondary N) is 1. The van der Waals surface area contributed by atoms with Crippen molar-refractivity contribution in [3.05, 3.63) is 132 Å². The number of benzene rings is 3. The van der Waals surface area contributed by atoms with Gasteiger partial charge in [-0.3, -0.25) is 9.69 Å². The molecule has 1 amide bonds. The lowest BCUT2D eigenvalue weighted by Crippen LogP contribution is -2.51. The number of hydrogen-bond acceptors (Lipinski definition) is 5. The van der Waals surface area contributed by atoms with E-state index in [0.29, 0.717) is 18.8 Å². The molecule has 1 saturated heterocycles. The molecule has 0 unspecified atom stereocenters. The molecule has 5 aromatic rings. The number of carbonyl (C=O) groups excluding carboxylic acids is 1. The molecule has 1 fully saturated rings. The largest absolute Gasteiger partial charge is 0.462 e. The van der Waals surface area contributed by atoms with E-state index >= 15 is 0 Å². The number of hydrogen-bond donors (Lipinski definition) is 1. The monoisotopic (exact) mass is 531 g/mol. The number of aromatic nitrogens is 2. The van der Waals surface area contributed by atoms with Gasteiger partial charge in [-0.15, -0.1) is 0 Å². The van der Waals surface area contributed by atoms with Gasteiger partial charge in [0.2, 0.25) is 5.91 Å². The second-order valence-corrected chi connectivity index (χ2v) is 10.0. The van der Waals surface area contributed by atoms with Gasteiger partial charge in [0.25, 0.3) is 0 Å². The quantitative estimate of drug-likeness (QED) is 0.285. The molecule has 6 rings (SSSR count). The third-order valence-corrected chi connectivity index (χ3v) is 7.38. The average Bonchev–Trinajstić information content (AvgIpc) is 3.70. The van der Waals surface area contributed by atoms with Gasteiger partial charge < -0.3 is 14.6 Å². The van der Waals surface area contributed by atoms with Crippen molar-refractivity contribution in [3.8, 4) is 17.1 Å². The Hall–Kier alpha value is -4.46. The molecule has 7 heteroatoms. The zero-order valence-electron chi connectivity index (χ0n) is 22.4. The van der Waals surface area contributed by atoms with E-state index in [2.05, 4.69) is 76.0 Å². The van der Waals surface area contributed by atoms with Crippen LogP contribution < -0.4 is 5.32 Å². The van der Waals surface area contributed by atoms with Gasteiger partial charge in [0.1, 0.15) is 5.69 Å². The van der Waals surface area contributed by atoms with E-state index in [1.54, 1.807) is 6.26 Å². The topological polar surface area (TPSA) is 66.5 Å². The average molecular weight is 532 g/mol. The highest BCUT2D eigenvalue weighted by molar-refractivity contribution is 5.78. The maximum Gasteiger partial charge on any atom is 0.236 e. The SMILES string of the molecule is O=C(CNCc1coc(-c2ccn(-c3ccccc3)n2)c1)N1CCN(C(c2ccccc2)c2ccccc2)CC1. The molecule has 0 saturated carbocycles. The molecule has 0 bridgehead atoms. The lowest BCUT2D eigenvalue weighted by Gasteiger charge is -2.39. The number of carbonyl (C=O) groups is 1. The second-order valence-electron chi connectivity index (χ2n) is 10.0. The van der Waals surface area contributed by atoms with Crippen LogP contribution in [0.15, 0.2) is 120 Å². The molecule has 3 aromatic carbocycles. The molecule has 40 heavy (non-hydrogen) atoms. The first kappa shape index (κ1) is 25.8. The third-order valence-electron chi connectivity index (χ3n) is 7.38. The Balaban J connectivity index is 1.00. The highest BCUT2D eigenvalue weighted by atomic mass is 16.3. The van der Waals surface area contributed by atoms with E-state index in [4.69, 9.17) is 4.42 Å². The Morgan fingerprint density at radius 3 is 2.10 bits per heavy atom. The standard InChI is InChI=1S/C33H33N5O2/c39-32(24-34-23-26-22-31(40-25-26)30-16-17-38(35-30)29-14-8-3-9-15-29)36-18-20-37(21-19-36)33(27-10-4-1-5-11-27)28-12-6-2-7-13-28/h1-17,22,25,33-34H,18-21,23-24H2. The van der Waals surface area contributed by atoms with Crippen LogP contribution in [0.2, 0.25) is 0 Å². The van der Waals surface area contributed by atoms with Crippen molar-refractivity contribution in [1.82, 2.24) is 24.9 Å². The maximum atomic E-state index is 13.0. The molecular weight excluding hydrogens is 498 g/mol. The summed E-state index contributed by atoms with van der Waals surface area (Å²) in [6, 6.07) is 35.3. The summed E-state index contributed by atoms with van der Waals surface area (Å²) in [5, 5.41) is 7.92. The third kappa shape index (κ3) is 5.91. The lowest BCUT2D eigenvalue weighted by molar-refractivity contribution is -0.132. The highest BCUT2D eigenvalue weighted by Crippen LogP contribution is 2.29. The molecule has 0 spiro atoms. The van der Waals surface area contributed by atoms with Crippen LogP contribution in [0.4, 0.5) is 0 Å². The van der Waals surface area contributed by atoms with Crippen molar-refractivity contribution in [2.24, 2.45) is 0 Å². The summed E-state index contributed by atoms with van der Waals surface area (Å²) < 4.78 is 7.59. The van der Waals surface area contributed by atoms with Crippen molar-refractivity contribution in [2.75, 3.05) is 32.7 Å². The second kappa shape index (κ2) is 12.2. The fourth-order valence-corrected chi connectivity index (χ4v) is 5.32. The molecule has 3 heterocycles. The predicted molar refractivity (Wildman–Crippen MR) is 156 cm³/mol. The van der Waals surface area contributed by atoms with E-state index in [0.717, 1.165) is 43.1 Å². The van der Waals surface area contributed by atoms with Gasteiger partial charge in [0.05, 0.1) is 24.5 Å². The van der Waals surface area contributed by atoms with Gasteiger partial charge in [0.15, 0.2) is 5.76 Å². The Morgan fingerprint density at radius 1 is 0.825 bits per heavy atom. The van der Waals surface area contributed by atoms with Crippen LogP contribution in [0.1, 0.15) is 22.7 Å². The van der Waals surface area contributed by atoms with E-state index < -0.39 is 0 Å². The van der Waals surface area contributed by atoms with Crippen molar-refractivity contribution < 1.29 is 9.21 Å². The van der Waals surface area contributed by atoms with Gasteiger partial charge in [-0.05, 0) is 35.4 Å². The summed E-state index contributed by atoms with van der Waals surface area (Å²) in [6.07, 6.45) is 3.64. The van der Waals surface area contributed by atoms with Gasteiger partial charge in [0, 0.05) is 44.5 Å². The molecule has 7 nitrogen and oxygen atoms in total. The van der Waals surface area contributed by atoms with E-state index in [-0.39, 0.29) is 11.9 Å². The van der Waals surface area contributed by atoms with Crippen molar-refractivity contribution >= 4 is 5.91 Å². The normalized spacial score (nSPS) is 14.1. The van der Waals surface area contributed by atoms with E-state index in [1.165, 1.54) is 11.1 Å². The molecule has 1 aliphatic rings. The minimum atomic E-state index is 0.126. The molecule has 1 N–H and O–H groups in total. The summed E-state index contributed by atoms with van der Waals surface area (Å²) in [6.45, 7) is 3.96. The first-order valence-corrected chi connectivity index (χ1v) is 13.8. The minimum absolute atomic E-state index is 0.126. The summed E-state index contributed by atoms with van der Waals surface area (Å²) in [5.41, 5.74) is 5.31. The van der Waals surface area contributed by atoms with Crippen LogP contribution in [0.25, 0.3) is 17.1 Å². The molecule has 2 aromatic heterocycles. The van der Waals surface area contributed by atoms with Gasteiger partial charge in [-0.1, -0.05) is 78.9 Å². The van der Waals surface area contributed by atoms with Crippen LogP contribution in [0.5, 0.6) is 0 Å². The zero-order valence-corrected chi connectivity index (χ0v) is 22.4. The van der Waals surface area contributed by atoms with Gasteiger partial charge in [-0.25, -0.2) is 4.68 Å². The van der Waals surface area contributed by atoms with Crippen LogP contribution >= 0.6 is 0 Å². The Labute approximate surface area is 234 Å². The van der Waals surface area contributed by atoms with Crippen molar-refractivity contribution in [2.45, 2.75) is 12.6 Å². The highest BCUT2D eigenvalue weighted by Gasteiger charge is 2.28. The lowest BCUT2D eigenvalue weighted by atomic mass is 9.96. The van der Waals surface area contributed by atoms with Crippen molar-refractivity contribution in [1.29, 1.82) is 0 Å². The smallest absolute Gasteiger partial charge is 0.236 e. The number of rotatable bonds is 9. The molecule has 0 radical (unpaired) electrons. The number of amides is 1. The number of nitrogens with zero attached hydrogens (tertiary/aromatic N) is 4. The van der Waals surface area contributed by atoms with Gasteiger partial charge >= 0.3 is 0 Å². The Morgan fingerprint density at radius 2 is 1.45 bits per heavy atom. The summed E-state index contributed by atoms with van der Waals surface area (Å²) in [7, 11) is 0. The fourth-order valence-electron chi connectivity index (χ4n) is 5.32. The summed E-state index contributed by atoms with van der Waals surface area (Å²) in [5.74, 6) is 0.835. The summed E-state index contributed by atoms with van der Waals surface area (Å²) in [4.78, 5) is 17.4. The van der Waals surface area contributed by atoms with E-state index in [9.17, 15) is 4.79 Å². The fraction of sp³-hybridized carbons (Fsp3) is 0.212. The molecule has 0 atom stereocenters. The predicted octanol–water partition coefficient (Wildman–Crippen LogP) is 5.16. The molecule has 1 aliphatic heterocycles. The Kier molecular flexibility index (Phi) is 7.84. The molecule has 202 valence electrons. The molecular formula is C33H33N5O2. The van der Waals surface area contributed by atoms with Gasteiger partial charge in [-0.2, -0.15) is 5.10 Å². The van der Waals surface area contributed by atoms with Crippen LogP contribution in [-0.4, -0.2) is 58.2 Å². The maximum absolute atomic E-state index is 13.0. The summed E-state index contributed by atoms with van der Waals surface area (Å²) >= 11 is 0. The van der Waals surface area contributed by atoms with Crippen LogP contribution in [0.3, 0.4) is 0 Å². The van der Waals surface area contributed by atoms with Crippen molar-refractivity contribution in [3.63, 3.8) is 0 Å². The minimum Gasteiger partial charge on any atom is -0.462 e. The number of furan rings is 1. The van der Waals surface area contributed by atoms with Crippen LogP contribution in [0, 0.1) is 0 Å². The van der Waals surface area contributed by atoms with E-state index in [1.807, 2.05) is 58.2 Å². The first-order valence-electron chi connectivity index (χ1n) is 13.8. The molecule has 0 aliphatic carbocycles.